The molecule has 1 aromatic rings. The molecule has 1 atom stereocenters. The lowest BCUT2D eigenvalue weighted by Crippen LogP contribution is -2.27. The number of rotatable bonds is 6. The lowest BCUT2D eigenvalue weighted by atomic mass is 10.3. The van der Waals surface area contributed by atoms with Gasteiger partial charge in [-0.3, -0.25) is 0 Å². The summed E-state index contributed by atoms with van der Waals surface area (Å²) in [4.78, 5) is 0. The molecule has 80 valence electrons. The van der Waals surface area contributed by atoms with Gasteiger partial charge in [0.15, 0.2) is 4.34 Å². The van der Waals surface area contributed by atoms with Crippen LogP contribution in [-0.2, 0) is 0 Å². The van der Waals surface area contributed by atoms with Gasteiger partial charge in [0, 0.05) is 18.3 Å². The van der Waals surface area contributed by atoms with E-state index in [2.05, 4.69) is 29.4 Å². The molecule has 0 saturated heterocycles. The molecule has 0 spiro atoms. The van der Waals surface area contributed by atoms with Crippen molar-refractivity contribution in [2.24, 2.45) is 0 Å². The third-order valence-electron chi connectivity index (χ3n) is 1.94. The van der Waals surface area contributed by atoms with Gasteiger partial charge in [0.1, 0.15) is 5.01 Å². The number of aryl methyl sites for hydroxylation is 1. The zero-order valence-corrected chi connectivity index (χ0v) is 10.5. The van der Waals surface area contributed by atoms with Gasteiger partial charge in [-0.05, 0) is 20.3 Å². The second-order valence-corrected chi connectivity index (χ2v) is 5.72. The zero-order chi connectivity index (χ0) is 10.4. The number of nitrogens with zero attached hydrogens (tertiary/aromatic N) is 2. The van der Waals surface area contributed by atoms with Gasteiger partial charge in [-0.2, -0.15) is 0 Å². The van der Waals surface area contributed by atoms with Crippen LogP contribution in [0.1, 0.15) is 25.3 Å². The monoisotopic (exact) mass is 231 g/mol. The van der Waals surface area contributed by atoms with Crippen LogP contribution < -0.4 is 5.32 Å². The van der Waals surface area contributed by atoms with Crippen molar-refractivity contribution in [3.8, 4) is 0 Å². The average Bonchev–Trinajstić information content (AvgIpc) is 2.58. The van der Waals surface area contributed by atoms with Gasteiger partial charge >= 0.3 is 0 Å². The van der Waals surface area contributed by atoms with Crippen LogP contribution in [0, 0.1) is 6.92 Å². The van der Waals surface area contributed by atoms with E-state index in [4.69, 9.17) is 0 Å². The minimum atomic E-state index is 0.617. The Morgan fingerprint density at radius 3 is 2.86 bits per heavy atom. The SMILES string of the molecule is CCC(C)NCCSc1nnc(C)s1. The summed E-state index contributed by atoms with van der Waals surface area (Å²) in [6, 6.07) is 0.617. The van der Waals surface area contributed by atoms with Gasteiger partial charge < -0.3 is 5.32 Å². The van der Waals surface area contributed by atoms with Gasteiger partial charge in [0.05, 0.1) is 0 Å². The fourth-order valence-electron chi connectivity index (χ4n) is 0.925. The van der Waals surface area contributed by atoms with Crippen molar-refractivity contribution in [2.75, 3.05) is 12.3 Å². The topological polar surface area (TPSA) is 37.8 Å². The second-order valence-electron chi connectivity index (χ2n) is 3.20. The van der Waals surface area contributed by atoms with E-state index in [1.54, 1.807) is 23.1 Å². The molecule has 1 rings (SSSR count). The van der Waals surface area contributed by atoms with Crippen molar-refractivity contribution in [1.82, 2.24) is 15.5 Å². The second kappa shape index (κ2) is 6.37. The Hall–Kier alpha value is -0.130. The molecular formula is C9H17N3S2. The fourth-order valence-corrected chi connectivity index (χ4v) is 2.68. The van der Waals surface area contributed by atoms with Crippen LogP contribution in [0.3, 0.4) is 0 Å². The van der Waals surface area contributed by atoms with Gasteiger partial charge in [-0.15, -0.1) is 10.2 Å². The lowest BCUT2D eigenvalue weighted by molar-refractivity contribution is 0.555. The van der Waals surface area contributed by atoms with E-state index in [1.807, 2.05) is 6.92 Å². The standard InChI is InChI=1S/C9H17N3S2/c1-4-7(2)10-5-6-13-9-12-11-8(3)14-9/h7,10H,4-6H2,1-3H3. The van der Waals surface area contributed by atoms with E-state index < -0.39 is 0 Å². The molecule has 0 bridgehead atoms. The summed E-state index contributed by atoms with van der Waals surface area (Å²) in [7, 11) is 0. The molecule has 1 heterocycles. The van der Waals surface area contributed by atoms with Gasteiger partial charge in [0.25, 0.3) is 0 Å². The van der Waals surface area contributed by atoms with E-state index in [1.165, 1.54) is 6.42 Å². The molecule has 1 unspecified atom stereocenters. The van der Waals surface area contributed by atoms with Gasteiger partial charge in [0.2, 0.25) is 0 Å². The van der Waals surface area contributed by atoms with Crippen molar-refractivity contribution in [1.29, 1.82) is 0 Å². The van der Waals surface area contributed by atoms with Crippen LogP contribution in [-0.4, -0.2) is 28.5 Å². The number of thioether (sulfide) groups is 1. The summed E-state index contributed by atoms with van der Waals surface area (Å²) < 4.78 is 1.08. The smallest absolute Gasteiger partial charge is 0.174 e. The molecule has 0 saturated carbocycles. The van der Waals surface area contributed by atoms with Crippen LogP contribution in [0.15, 0.2) is 4.34 Å². The Balaban J connectivity index is 2.10. The molecule has 14 heavy (non-hydrogen) atoms. The lowest BCUT2D eigenvalue weighted by Gasteiger charge is -2.09. The Bertz CT molecular complexity index is 262. The third-order valence-corrected chi connectivity index (χ3v) is 3.91. The molecule has 0 aliphatic carbocycles. The first-order valence-electron chi connectivity index (χ1n) is 4.88. The third kappa shape index (κ3) is 4.39. The van der Waals surface area contributed by atoms with Crippen LogP contribution in [0.25, 0.3) is 0 Å². The zero-order valence-electron chi connectivity index (χ0n) is 8.91. The van der Waals surface area contributed by atoms with E-state index in [0.717, 1.165) is 21.6 Å². The normalized spacial score (nSPS) is 13.1. The number of nitrogens with one attached hydrogen (secondary N) is 1. The number of aromatic nitrogens is 2. The fraction of sp³-hybridized carbons (Fsp3) is 0.778. The summed E-state index contributed by atoms with van der Waals surface area (Å²) in [5.41, 5.74) is 0. The maximum Gasteiger partial charge on any atom is 0.174 e. The molecular weight excluding hydrogens is 214 g/mol. The van der Waals surface area contributed by atoms with Gasteiger partial charge in [-0.1, -0.05) is 30.0 Å². The average molecular weight is 231 g/mol. The summed E-state index contributed by atoms with van der Waals surface area (Å²) >= 11 is 3.44. The molecule has 0 fully saturated rings. The van der Waals surface area contributed by atoms with Crippen LogP contribution in [0.5, 0.6) is 0 Å². The van der Waals surface area contributed by atoms with Crippen molar-refractivity contribution in [2.45, 2.75) is 37.6 Å². The van der Waals surface area contributed by atoms with Gasteiger partial charge in [-0.25, -0.2) is 0 Å². The molecule has 0 aromatic carbocycles. The molecule has 3 nitrogen and oxygen atoms in total. The predicted octanol–water partition coefficient (Wildman–Crippen LogP) is 2.33. The van der Waals surface area contributed by atoms with Crippen molar-refractivity contribution >= 4 is 23.1 Å². The molecule has 0 radical (unpaired) electrons. The molecule has 0 aliphatic rings. The number of hydrogen-bond acceptors (Lipinski definition) is 5. The highest BCUT2D eigenvalue weighted by Crippen LogP contribution is 2.20. The maximum absolute atomic E-state index is 4.06. The minimum absolute atomic E-state index is 0.617. The Morgan fingerprint density at radius 1 is 1.50 bits per heavy atom. The molecule has 0 aliphatic heterocycles. The molecule has 1 N–H and O–H groups in total. The van der Waals surface area contributed by atoms with E-state index in [9.17, 15) is 0 Å². The van der Waals surface area contributed by atoms with Crippen LogP contribution in [0.2, 0.25) is 0 Å². The molecule has 1 aromatic heterocycles. The highest BCUT2D eigenvalue weighted by Gasteiger charge is 2.01. The number of hydrogen-bond donors (Lipinski definition) is 1. The Labute approximate surface area is 93.7 Å². The molecule has 5 heteroatoms. The van der Waals surface area contributed by atoms with E-state index in [0.29, 0.717) is 6.04 Å². The van der Waals surface area contributed by atoms with E-state index >= 15 is 0 Å². The first-order valence-corrected chi connectivity index (χ1v) is 6.69. The predicted molar refractivity (Wildman–Crippen MR) is 63.1 cm³/mol. The highest BCUT2D eigenvalue weighted by atomic mass is 32.2. The summed E-state index contributed by atoms with van der Waals surface area (Å²) in [5.74, 6) is 1.07. The Morgan fingerprint density at radius 2 is 2.29 bits per heavy atom. The quantitative estimate of drug-likeness (QED) is 0.602. The maximum atomic E-state index is 4.06. The highest BCUT2D eigenvalue weighted by molar-refractivity contribution is 8.01. The largest absolute Gasteiger partial charge is 0.313 e. The van der Waals surface area contributed by atoms with Crippen molar-refractivity contribution in [3.63, 3.8) is 0 Å². The van der Waals surface area contributed by atoms with Crippen molar-refractivity contribution in [3.05, 3.63) is 5.01 Å². The van der Waals surface area contributed by atoms with Crippen LogP contribution in [0.4, 0.5) is 0 Å². The first kappa shape index (κ1) is 11.9. The summed E-state index contributed by atoms with van der Waals surface area (Å²) in [5, 5.41) is 12.5. The Kier molecular flexibility index (Phi) is 5.44. The van der Waals surface area contributed by atoms with Crippen molar-refractivity contribution < 1.29 is 0 Å². The summed E-state index contributed by atoms with van der Waals surface area (Å²) in [6.45, 7) is 7.43. The van der Waals surface area contributed by atoms with E-state index in [-0.39, 0.29) is 0 Å². The first-order chi connectivity index (χ1) is 6.72. The van der Waals surface area contributed by atoms with Crippen LogP contribution >= 0.6 is 23.1 Å². The minimum Gasteiger partial charge on any atom is -0.313 e. The summed E-state index contributed by atoms with van der Waals surface area (Å²) in [6.07, 6.45) is 1.18. The molecule has 0 amide bonds.